The van der Waals surface area contributed by atoms with Gasteiger partial charge in [-0.1, -0.05) is 6.92 Å². The first-order valence-corrected chi connectivity index (χ1v) is 5.77. The predicted octanol–water partition coefficient (Wildman–Crippen LogP) is 2.62. The predicted molar refractivity (Wildman–Crippen MR) is 54.7 cm³/mol. The van der Waals surface area contributed by atoms with Crippen LogP contribution >= 0.6 is 0 Å². The molecule has 80 valence electrons. The van der Waals surface area contributed by atoms with Gasteiger partial charge < -0.3 is 4.74 Å². The summed E-state index contributed by atoms with van der Waals surface area (Å²) in [5.74, 6) is 2.69. The lowest BCUT2D eigenvalue weighted by Crippen LogP contribution is -2.34. The van der Waals surface area contributed by atoms with Crippen molar-refractivity contribution in [2.45, 2.75) is 39.0 Å². The molecule has 2 aliphatic rings. The maximum atomic E-state index is 11.5. The number of methoxy groups -OCH3 is 1. The van der Waals surface area contributed by atoms with E-state index < -0.39 is 0 Å². The van der Waals surface area contributed by atoms with Gasteiger partial charge in [0.1, 0.15) is 0 Å². The minimum Gasteiger partial charge on any atom is -0.469 e. The van der Waals surface area contributed by atoms with Crippen LogP contribution in [0.25, 0.3) is 0 Å². The highest BCUT2D eigenvalue weighted by molar-refractivity contribution is 5.72. The molecule has 0 N–H and O–H groups in total. The molecule has 0 aliphatic heterocycles. The van der Waals surface area contributed by atoms with E-state index in [4.69, 9.17) is 4.74 Å². The van der Waals surface area contributed by atoms with Gasteiger partial charge in [0, 0.05) is 0 Å². The van der Waals surface area contributed by atoms with Gasteiger partial charge in [0.2, 0.25) is 0 Å². The highest BCUT2D eigenvalue weighted by Gasteiger charge is 2.37. The van der Waals surface area contributed by atoms with Gasteiger partial charge in [-0.15, -0.1) is 0 Å². The van der Waals surface area contributed by atoms with E-state index in [9.17, 15) is 4.79 Å². The molecule has 2 bridgehead atoms. The second kappa shape index (κ2) is 3.92. The van der Waals surface area contributed by atoms with Crippen molar-refractivity contribution in [2.24, 2.45) is 23.7 Å². The molecule has 2 aliphatic carbocycles. The molecule has 2 rings (SSSR count). The second-order valence-corrected chi connectivity index (χ2v) is 5.24. The van der Waals surface area contributed by atoms with E-state index in [1.54, 1.807) is 0 Å². The Hall–Kier alpha value is -0.530. The normalized spacial score (nSPS) is 41.9. The Morgan fingerprint density at radius 3 is 2.14 bits per heavy atom. The first kappa shape index (κ1) is 10.0. The minimum absolute atomic E-state index is 0.0225. The molecule has 2 unspecified atom stereocenters. The third-order valence-electron chi connectivity index (χ3n) is 3.91. The van der Waals surface area contributed by atoms with Crippen LogP contribution in [0.1, 0.15) is 39.0 Å². The summed E-state index contributed by atoms with van der Waals surface area (Å²) >= 11 is 0. The molecule has 0 saturated heterocycles. The molecule has 0 aromatic carbocycles. The maximum Gasteiger partial charge on any atom is 0.308 e. The van der Waals surface area contributed by atoms with E-state index in [2.05, 4.69) is 6.92 Å². The van der Waals surface area contributed by atoms with Crippen LogP contribution in [0.15, 0.2) is 0 Å². The molecule has 2 atom stereocenters. The number of ether oxygens (including phenoxy) is 1. The minimum atomic E-state index is 0.0225. The lowest BCUT2D eigenvalue weighted by Gasteiger charge is -2.40. The molecule has 2 nitrogen and oxygen atoms in total. The van der Waals surface area contributed by atoms with Crippen molar-refractivity contribution < 1.29 is 9.53 Å². The van der Waals surface area contributed by atoms with Crippen molar-refractivity contribution in [1.29, 1.82) is 0 Å². The fraction of sp³-hybridized carbons (Fsp3) is 0.917. The van der Waals surface area contributed by atoms with Crippen molar-refractivity contribution in [3.63, 3.8) is 0 Å². The number of carbonyl (C=O) groups excluding carboxylic acids is 1. The number of hydrogen-bond acceptors (Lipinski definition) is 2. The topological polar surface area (TPSA) is 26.3 Å². The number of rotatable bonds is 1. The number of esters is 1. The fourth-order valence-corrected chi connectivity index (χ4v) is 3.54. The zero-order valence-electron chi connectivity index (χ0n) is 9.16. The second-order valence-electron chi connectivity index (χ2n) is 5.24. The standard InChI is InChI=1S/C12H20O2/c1-8-3-9-5-10(4-8)7-11(6-9)12(13)14-2/h8-11H,3-7H2,1-2H3. The Morgan fingerprint density at radius 2 is 1.64 bits per heavy atom. The van der Waals surface area contributed by atoms with Gasteiger partial charge in [0.05, 0.1) is 13.0 Å². The molecular weight excluding hydrogens is 176 g/mol. The zero-order valence-corrected chi connectivity index (χ0v) is 9.16. The largest absolute Gasteiger partial charge is 0.469 e. The molecular formula is C12H20O2. The first-order chi connectivity index (χ1) is 6.69. The zero-order chi connectivity index (χ0) is 10.1. The molecule has 0 radical (unpaired) electrons. The van der Waals surface area contributed by atoms with Crippen LogP contribution in [0, 0.1) is 23.7 Å². The summed E-state index contributed by atoms with van der Waals surface area (Å²) in [5, 5.41) is 0. The SMILES string of the molecule is COC(=O)C1CC2CC(C)CC(C2)C1. The molecule has 0 aromatic heterocycles. The molecule has 2 saturated carbocycles. The van der Waals surface area contributed by atoms with Crippen molar-refractivity contribution >= 4 is 5.97 Å². The third kappa shape index (κ3) is 1.94. The quantitative estimate of drug-likeness (QED) is 0.603. The van der Waals surface area contributed by atoms with Crippen LogP contribution in [-0.4, -0.2) is 13.1 Å². The Kier molecular flexibility index (Phi) is 2.80. The van der Waals surface area contributed by atoms with Crippen LogP contribution in [0.5, 0.6) is 0 Å². The lowest BCUT2D eigenvalue weighted by atomic mass is 9.65. The van der Waals surface area contributed by atoms with Gasteiger partial charge in [0.15, 0.2) is 0 Å². The van der Waals surface area contributed by atoms with Crippen molar-refractivity contribution in [2.75, 3.05) is 7.11 Å². The summed E-state index contributed by atoms with van der Waals surface area (Å²) in [6, 6.07) is 0. The summed E-state index contributed by atoms with van der Waals surface area (Å²) in [5.41, 5.74) is 0. The monoisotopic (exact) mass is 196 g/mol. The van der Waals surface area contributed by atoms with Gasteiger partial charge in [-0.3, -0.25) is 4.79 Å². The average molecular weight is 196 g/mol. The summed E-state index contributed by atoms with van der Waals surface area (Å²) in [7, 11) is 1.51. The molecule has 2 heteroatoms. The van der Waals surface area contributed by atoms with E-state index in [1.165, 1.54) is 26.4 Å². The highest BCUT2D eigenvalue weighted by atomic mass is 16.5. The van der Waals surface area contributed by atoms with Crippen molar-refractivity contribution in [3.8, 4) is 0 Å². The molecule has 2 fully saturated rings. The van der Waals surface area contributed by atoms with E-state index in [0.29, 0.717) is 0 Å². The van der Waals surface area contributed by atoms with Crippen LogP contribution in [-0.2, 0) is 9.53 Å². The number of fused-ring (bicyclic) bond motifs is 2. The van der Waals surface area contributed by atoms with Crippen molar-refractivity contribution in [1.82, 2.24) is 0 Å². The molecule has 0 aromatic rings. The Bertz CT molecular complexity index is 206. The molecule has 0 spiro atoms. The lowest BCUT2D eigenvalue weighted by molar-refractivity contribution is -0.148. The van der Waals surface area contributed by atoms with E-state index in [1.807, 2.05) is 0 Å². The maximum absolute atomic E-state index is 11.5. The van der Waals surface area contributed by atoms with Crippen LogP contribution in [0.2, 0.25) is 0 Å². The third-order valence-corrected chi connectivity index (χ3v) is 3.91. The summed E-state index contributed by atoms with van der Waals surface area (Å²) in [4.78, 5) is 11.5. The van der Waals surface area contributed by atoms with E-state index in [-0.39, 0.29) is 11.9 Å². The summed E-state index contributed by atoms with van der Waals surface area (Å²) in [6.45, 7) is 2.34. The highest BCUT2D eigenvalue weighted by Crippen LogP contribution is 2.44. The smallest absolute Gasteiger partial charge is 0.308 e. The molecule has 14 heavy (non-hydrogen) atoms. The average Bonchev–Trinajstić information content (AvgIpc) is 2.14. The Morgan fingerprint density at radius 1 is 1.07 bits per heavy atom. The fourth-order valence-electron chi connectivity index (χ4n) is 3.54. The van der Waals surface area contributed by atoms with E-state index >= 15 is 0 Å². The van der Waals surface area contributed by atoms with Gasteiger partial charge in [-0.2, -0.15) is 0 Å². The van der Waals surface area contributed by atoms with Crippen LogP contribution in [0.3, 0.4) is 0 Å². The molecule has 0 amide bonds. The van der Waals surface area contributed by atoms with Crippen molar-refractivity contribution in [3.05, 3.63) is 0 Å². The van der Waals surface area contributed by atoms with Gasteiger partial charge in [-0.25, -0.2) is 0 Å². The number of hydrogen-bond donors (Lipinski definition) is 0. The van der Waals surface area contributed by atoms with Crippen LogP contribution < -0.4 is 0 Å². The number of carbonyl (C=O) groups is 1. The first-order valence-electron chi connectivity index (χ1n) is 5.77. The summed E-state index contributed by atoms with van der Waals surface area (Å²) < 4.78 is 4.84. The molecule has 0 heterocycles. The van der Waals surface area contributed by atoms with Gasteiger partial charge in [-0.05, 0) is 49.9 Å². The van der Waals surface area contributed by atoms with Crippen LogP contribution in [0.4, 0.5) is 0 Å². The Labute approximate surface area is 86.0 Å². The summed E-state index contributed by atoms with van der Waals surface area (Å²) in [6.07, 6.45) is 6.16. The Balaban J connectivity index is 1.98. The van der Waals surface area contributed by atoms with E-state index in [0.717, 1.165) is 30.6 Å². The van der Waals surface area contributed by atoms with Gasteiger partial charge >= 0.3 is 5.97 Å². The van der Waals surface area contributed by atoms with Gasteiger partial charge in [0.25, 0.3) is 0 Å².